The van der Waals surface area contributed by atoms with Crippen molar-refractivity contribution in [2.45, 2.75) is 39.4 Å². The van der Waals surface area contributed by atoms with Crippen LogP contribution in [-0.2, 0) is 22.2 Å². The van der Waals surface area contributed by atoms with E-state index in [-0.39, 0.29) is 30.4 Å². The van der Waals surface area contributed by atoms with Gasteiger partial charge in [-0.1, -0.05) is 0 Å². The van der Waals surface area contributed by atoms with E-state index in [0.717, 1.165) is 12.1 Å². The third kappa shape index (κ3) is 9.95. The number of alkyl halides is 3. The van der Waals surface area contributed by atoms with Crippen molar-refractivity contribution in [1.29, 1.82) is 0 Å². The van der Waals surface area contributed by atoms with Crippen molar-refractivity contribution in [3.8, 4) is 0 Å². The normalized spacial score (nSPS) is 11.3. The highest BCUT2D eigenvalue weighted by Gasteiger charge is 2.30. The molecular formula is C23H31F3N4O5. The fourth-order valence-electron chi connectivity index (χ4n) is 2.96. The maximum Gasteiger partial charge on any atom is 0.416 e. The zero-order valence-electron chi connectivity index (χ0n) is 19.8. The molecule has 3 amide bonds. The Hall–Kier alpha value is -3.12. The Labute approximate surface area is 202 Å². The van der Waals surface area contributed by atoms with E-state index in [1.165, 1.54) is 23.3 Å². The minimum absolute atomic E-state index is 0.0454. The molecule has 0 radical (unpaired) electrons. The second-order valence-corrected chi connectivity index (χ2v) is 7.41. The van der Waals surface area contributed by atoms with E-state index in [1.807, 2.05) is 13.8 Å². The predicted octanol–water partition coefficient (Wildman–Crippen LogP) is 4.31. The fraction of sp³-hybridized carbons (Fsp3) is 0.522. The van der Waals surface area contributed by atoms with Gasteiger partial charge < -0.3 is 29.4 Å². The monoisotopic (exact) mass is 500 g/mol. The number of carbonyl (C=O) groups excluding carboxylic acids is 2. The molecule has 2 aromatic rings. The van der Waals surface area contributed by atoms with Gasteiger partial charge in [0.05, 0.1) is 12.1 Å². The van der Waals surface area contributed by atoms with Crippen LogP contribution in [0.2, 0.25) is 0 Å². The molecule has 0 saturated carbocycles. The molecule has 1 aromatic carbocycles. The highest BCUT2D eigenvalue weighted by Crippen LogP contribution is 2.29. The quantitative estimate of drug-likeness (QED) is 0.375. The summed E-state index contributed by atoms with van der Waals surface area (Å²) in [7, 11) is 0. The number of halogens is 3. The summed E-state index contributed by atoms with van der Waals surface area (Å²) >= 11 is 0. The molecule has 0 bridgehead atoms. The average molecular weight is 501 g/mol. The summed E-state index contributed by atoms with van der Waals surface area (Å²) in [5, 5.41) is 5.29. The lowest BCUT2D eigenvalue weighted by atomic mass is 10.2. The summed E-state index contributed by atoms with van der Waals surface area (Å²) in [5.74, 6) is -0.267. The number of urea groups is 1. The van der Waals surface area contributed by atoms with E-state index >= 15 is 0 Å². The van der Waals surface area contributed by atoms with E-state index in [9.17, 15) is 22.8 Å². The molecule has 0 saturated heterocycles. The van der Waals surface area contributed by atoms with Gasteiger partial charge in [-0.3, -0.25) is 4.79 Å². The molecule has 0 aliphatic heterocycles. The number of rotatable bonds is 14. The van der Waals surface area contributed by atoms with E-state index in [1.54, 1.807) is 0 Å². The Morgan fingerprint density at radius 1 is 1.06 bits per heavy atom. The van der Waals surface area contributed by atoms with Crippen molar-refractivity contribution in [1.82, 2.24) is 15.2 Å². The number of anilines is 1. The van der Waals surface area contributed by atoms with Crippen LogP contribution in [0.5, 0.6) is 0 Å². The third-order valence-corrected chi connectivity index (χ3v) is 4.74. The number of amides is 3. The van der Waals surface area contributed by atoms with E-state index in [4.69, 9.17) is 13.9 Å². The Bertz CT molecular complexity index is 919. The van der Waals surface area contributed by atoms with Crippen LogP contribution in [0.1, 0.15) is 48.6 Å². The number of oxazole rings is 1. The number of hydrogen-bond acceptors (Lipinski definition) is 6. The van der Waals surface area contributed by atoms with Crippen LogP contribution in [0.4, 0.5) is 23.7 Å². The van der Waals surface area contributed by atoms with Gasteiger partial charge in [0.2, 0.25) is 5.89 Å². The molecule has 0 spiro atoms. The van der Waals surface area contributed by atoms with Gasteiger partial charge in [0, 0.05) is 45.2 Å². The Morgan fingerprint density at radius 3 is 2.34 bits per heavy atom. The highest BCUT2D eigenvalue weighted by atomic mass is 19.4. The molecule has 9 nitrogen and oxygen atoms in total. The van der Waals surface area contributed by atoms with Crippen molar-refractivity contribution in [2.24, 2.45) is 0 Å². The van der Waals surface area contributed by atoms with Crippen LogP contribution in [-0.4, -0.2) is 61.3 Å². The molecule has 0 atom stereocenters. The lowest BCUT2D eigenvalue weighted by molar-refractivity contribution is -0.137. The summed E-state index contributed by atoms with van der Waals surface area (Å²) in [6, 6.07) is 3.59. The fourth-order valence-corrected chi connectivity index (χ4v) is 2.96. The van der Waals surface area contributed by atoms with Gasteiger partial charge in [-0.2, -0.15) is 13.2 Å². The summed E-state index contributed by atoms with van der Waals surface area (Å²) in [5.41, 5.74) is -0.529. The predicted molar refractivity (Wildman–Crippen MR) is 122 cm³/mol. The van der Waals surface area contributed by atoms with E-state index < -0.39 is 23.7 Å². The Balaban J connectivity index is 1.99. The van der Waals surface area contributed by atoms with Crippen molar-refractivity contribution < 1.29 is 36.7 Å². The SMILES string of the molecule is CCOCCCNC(=O)c1coc(CN(CCCOCC)C(=O)Nc2ccc(C(F)(F)F)cc2)n1. The van der Waals surface area contributed by atoms with Gasteiger partial charge in [0.1, 0.15) is 6.26 Å². The zero-order valence-corrected chi connectivity index (χ0v) is 19.8. The second-order valence-electron chi connectivity index (χ2n) is 7.41. The van der Waals surface area contributed by atoms with Crippen LogP contribution < -0.4 is 10.6 Å². The molecule has 35 heavy (non-hydrogen) atoms. The third-order valence-electron chi connectivity index (χ3n) is 4.74. The largest absolute Gasteiger partial charge is 0.446 e. The van der Waals surface area contributed by atoms with Gasteiger partial charge in [0.25, 0.3) is 5.91 Å². The molecule has 194 valence electrons. The number of hydrogen-bond donors (Lipinski definition) is 2. The van der Waals surface area contributed by atoms with Crippen LogP contribution in [0.15, 0.2) is 34.9 Å². The number of benzene rings is 1. The summed E-state index contributed by atoms with van der Waals surface area (Å²) in [4.78, 5) is 30.6. The van der Waals surface area contributed by atoms with E-state index in [0.29, 0.717) is 45.8 Å². The molecular weight excluding hydrogens is 469 g/mol. The number of ether oxygens (including phenoxy) is 2. The van der Waals surface area contributed by atoms with Crippen molar-refractivity contribution >= 4 is 17.6 Å². The number of carbonyl (C=O) groups is 2. The van der Waals surface area contributed by atoms with Crippen LogP contribution >= 0.6 is 0 Å². The topological polar surface area (TPSA) is 106 Å². The lowest BCUT2D eigenvalue weighted by Gasteiger charge is -2.22. The Morgan fingerprint density at radius 2 is 1.71 bits per heavy atom. The first-order valence-corrected chi connectivity index (χ1v) is 11.4. The van der Waals surface area contributed by atoms with Gasteiger partial charge in [-0.25, -0.2) is 9.78 Å². The highest BCUT2D eigenvalue weighted by molar-refractivity contribution is 5.92. The van der Waals surface area contributed by atoms with Crippen molar-refractivity contribution in [2.75, 3.05) is 44.8 Å². The number of nitrogens with zero attached hydrogens (tertiary/aromatic N) is 2. The molecule has 0 aliphatic rings. The molecule has 2 N–H and O–H groups in total. The van der Waals surface area contributed by atoms with Crippen molar-refractivity contribution in [3.63, 3.8) is 0 Å². The van der Waals surface area contributed by atoms with E-state index in [2.05, 4.69) is 15.6 Å². The first-order chi connectivity index (χ1) is 16.7. The molecule has 12 heteroatoms. The first kappa shape index (κ1) is 28.1. The second kappa shape index (κ2) is 14.3. The van der Waals surface area contributed by atoms with Crippen LogP contribution in [0.25, 0.3) is 0 Å². The van der Waals surface area contributed by atoms with Gasteiger partial charge in [-0.05, 0) is 51.0 Å². The molecule has 0 fully saturated rings. The summed E-state index contributed by atoms with van der Waals surface area (Å²) in [6.07, 6.45) is -2.09. The maximum atomic E-state index is 12.8. The summed E-state index contributed by atoms with van der Waals surface area (Å²) < 4.78 is 54.2. The standard InChI is InChI=1S/C23H31F3N4O5/c1-3-33-13-5-11-27-21(31)19-16-35-20(29-19)15-30(12-6-14-34-4-2)22(32)28-18-9-7-17(8-10-18)23(24,25)26/h7-10,16H,3-6,11-15H2,1-2H3,(H,27,31)(H,28,32). The first-order valence-electron chi connectivity index (χ1n) is 11.4. The smallest absolute Gasteiger partial charge is 0.416 e. The van der Waals surface area contributed by atoms with Gasteiger partial charge in [0.15, 0.2) is 5.69 Å². The zero-order chi connectivity index (χ0) is 25.7. The minimum atomic E-state index is -4.47. The number of aromatic nitrogens is 1. The maximum absolute atomic E-state index is 12.8. The van der Waals surface area contributed by atoms with Crippen LogP contribution in [0, 0.1) is 0 Å². The minimum Gasteiger partial charge on any atom is -0.446 e. The molecule has 1 aromatic heterocycles. The average Bonchev–Trinajstić information content (AvgIpc) is 3.29. The van der Waals surface area contributed by atoms with Gasteiger partial charge >= 0.3 is 12.2 Å². The molecule has 0 unspecified atom stereocenters. The molecule has 0 aliphatic carbocycles. The van der Waals surface area contributed by atoms with Crippen LogP contribution in [0.3, 0.4) is 0 Å². The molecule has 1 heterocycles. The Kier molecular flexibility index (Phi) is 11.5. The molecule has 2 rings (SSSR count). The summed E-state index contributed by atoms with van der Waals surface area (Å²) in [6.45, 7) is 6.47. The van der Waals surface area contributed by atoms with Gasteiger partial charge in [-0.15, -0.1) is 0 Å². The number of nitrogens with one attached hydrogen (secondary N) is 2. The lowest BCUT2D eigenvalue weighted by Crippen LogP contribution is -2.36. The van der Waals surface area contributed by atoms with Crippen molar-refractivity contribution in [3.05, 3.63) is 47.7 Å².